The second-order valence-corrected chi connectivity index (χ2v) is 3.79. The molecule has 2 N–H and O–H groups in total. The van der Waals surface area contributed by atoms with Crippen molar-refractivity contribution in [1.82, 2.24) is 15.3 Å². The Kier molecular flexibility index (Phi) is 4.18. The summed E-state index contributed by atoms with van der Waals surface area (Å²) in [6, 6.07) is 7.58. The van der Waals surface area contributed by atoms with E-state index in [2.05, 4.69) is 15.3 Å². The smallest absolute Gasteiger partial charge is 0.0929 e. The van der Waals surface area contributed by atoms with E-state index >= 15 is 0 Å². The first-order chi connectivity index (χ1) is 8.36. The predicted molar refractivity (Wildman–Crippen MR) is 65.1 cm³/mol. The zero-order valence-corrected chi connectivity index (χ0v) is 9.45. The Morgan fingerprint density at radius 1 is 1.12 bits per heavy atom. The van der Waals surface area contributed by atoms with Gasteiger partial charge in [-0.15, -0.1) is 0 Å². The first kappa shape index (κ1) is 11.7. The summed E-state index contributed by atoms with van der Waals surface area (Å²) in [5.74, 6) is 0. The van der Waals surface area contributed by atoms with E-state index in [-0.39, 0.29) is 0 Å². The Morgan fingerprint density at radius 2 is 1.94 bits per heavy atom. The van der Waals surface area contributed by atoms with Crippen molar-refractivity contribution in [2.45, 2.75) is 12.6 Å². The van der Waals surface area contributed by atoms with Gasteiger partial charge in [-0.2, -0.15) is 0 Å². The van der Waals surface area contributed by atoms with Crippen LogP contribution in [0.5, 0.6) is 0 Å². The lowest BCUT2D eigenvalue weighted by Gasteiger charge is -2.11. The highest BCUT2D eigenvalue weighted by atomic mass is 16.3. The second-order valence-electron chi connectivity index (χ2n) is 3.79. The highest BCUT2D eigenvalue weighted by molar-refractivity contribution is 5.13. The van der Waals surface area contributed by atoms with Gasteiger partial charge < -0.3 is 10.4 Å². The van der Waals surface area contributed by atoms with Crippen molar-refractivity contribution in [3.63, 3.8) is 0 Å². The minimum Gasteiger partial charge on any atom is -0.387 e. The van der Waals surface area contributed by atoms with Crippen molar-refractivity contribution < 1.29 is 5.11 Å². The molecule has 1 atom stereocenters. The number of aliphatic hydroxyl groups excluding tert-OH is 1. The van der Waals surface area contributed by atoms with Gasteiger partial charge in [-0.3, -0.25) is 9.97 Å². The van der Waals surface area contributed by atoms with Gasteiger partial charge in [0.2, 0.25) is 0 Å². The molecule has 2 aromatic rings. The third-order valence-electron chi connectivity index (χ3n) is 2.49. The molecule has 0 aliphatic carbocycles. The molecule has 4 heteroatoms. The lowest BCUT2D eigenvalue weighted by molar-refractivity contribution is 0.174. The number of hydrogen-bond donors (Lipinski definition) is 2. The quantitative estimate of drug-likeness (QED) is 0.811. The van der Waals surface area contributed by atoms with Crippen LogP contribution in [0.4, 0.5) is 0 Å². The van der Waals surface area contributed by atoms with E-state index in [1.54, 1.807) is 24.8 Å². The number of rotatable bonds is 5. The maximum absolute atomic E-state index is 9.88. The van der Waals surface area contributed by atoms with Gasteiger partial charge in [0.25, 0.3) is 0 Å². The van der Waals surface area contributed by atoms with Crippen molar-refractivity contribution in [3.8, 4) is 0 Å². The molecule has 0 aromatic carbocycles. The Hall–Kier alpha value is -1.78. The van der Waals surface area contributed by atoms with Gasteiger partial charge in [0.15, 0.2) is 0 Å². The summed E-state index contributed by atoms with van der Waals surface area (Å²) in [6.07, 6.45) is 6.37. The van der Waals surface area contributed by atoms with Gasteiger partial charge in [-0.1, -0.05) is 6.07 Å². The van der Waals surface area contributed by atoms with Crippen LogP contribution in [-0.4, -0.2) is 21.6 Å². The molecule has 0 saturated carbocycles. The molecule has 0 amide bonds. The fraction of sp³-hybridized carbons (Fsp3) is 0.231. The molecular weight excluding hydrogens is 214 g/mol. The molecule has 2 heterocycles. The molecule has 1 unspecified atom stereocenters. The largest absolute Gasteiger partial charge is 0.387 e. The lowest BCUT2D eigenvalue weighted by atomic mass is 10.1. The molecule has 2 rings (SSSR count). The van der Waals surface area contributed by atoms with Crippen LogP contribution in [0.3, 0.4) is 0 Å². The summed E-state index contributed by atoms with van der Waals surface area (Å²) >= 11 is 0. The number of nitrogens with one attached hydrogen (secondary N) is 1. The summed E-state index contributed by atoms with van der Waals surface area (Å²) < 4.78 is 0. The van der Waals surface area contributed by atoms with Crippen LogP contribution in [0.2, 0.25) is 0 Å². The average molecular weight is 229 g/mol. The van der Waals surface area contributed by atoms with Crippen LogP contribution in [0.1, 0.15) is 17.2 Å². The van der Waals surface area contributed by atoms with Gasteiger partial charge in [-0.25, -0.2) is 0 Å². The topological polar surface area (TPSA) is 58.0 Å². The molecule has 0 fully saturated rings. The van der Waals surface area contributed by atoms with Crippen molar-refractivity contribution in [2.24, 2.45) is 0 Å². The van der Waals surface area contributed by atoms with Crippen molar-refractivity contribution in [2.75, 3.05) is 6.54 Å². The zero-order valence-electron chi connectivity index (χ0n) is 9.45. The van der Waals surface area contributed by atoms with Gasteiger partial charge in [0.05, 0.1) is 6.10 Å². The minimum absolute atomic E-state index is 0.508. The average Bonchev–Trinajstić information content (AvgIpc) is 2.41. The number of pyridine rings is 2. The molecule has 88 valence electrons. The number of aliphatic hydroxyl groups is 1. The van der Waals surface area contributed by atoms with Gasteiger partial charge in [-0.05, 0) is 23.8 Å². The van der Waals surface area contributed by atoms with Crippen LogP contribution in [-0.2, 0) is 6.54 Å². The molecule has 0 saturated heterocycles. The van der Waals surface area contributed by atoms with Gasteiger partial charge in [0.1, 0.15) is 0 Å². The van der Waals surface area contributed by atoms with Gasteiger partial charge >= 0.3 is 0 Å². The molecule has 2 aromatic heterocycles. The summed E-state index contributed by atoms with van der Waals surface area (Å²) in [6.45, 7) is 1.23. The third-order valence-corrected chi connectivity index (χ3v) is 2.49. The number of aromatic nitrogens is 2. The van der Waals surface area contributed by atoms with Crippen LogP contribution < -0.4 is 5.32 Å². The van der Waals surface area contributed by atoms with E-state index in [4.69, 9.17) is 0 Å². The molecule has 17 heavy (non-hydrogen) atoms. The SMILES string of the molecule is OC(CNCc1ccncc1)c1cccnc1. The minimum atomic E-state index is -0.523. The maximum atomic E-state index is 9.88. The van der Waals surface area contributed by atoms with E-state index in [1.165, 1.54) is 0 Å². The van der Waals surface area contributed by atoms with Crippen LogP contribution >= 0.6 is 0 Å². The Bertz CT molecular complexity index is 433. The first-order valence-corrected chi connectivity index (χ1v) is 5.54. The Labute approximate surface area is 100 Å². The summed E-state index contributed by atoms with van der Waals surface area (Å²) in [7, 11) is 0. The molecule has 0 bridgehead atoms. The van der Waals surface area contributed by atoms with E-state index in [0.29, 0.717) is 6.54 Å². The monoisotopic (exact) mass is 229 g/mol. The summed E-state index contributed by atoms with van der Waals surface area (Å²) in [5.41, 5.74) is 1.98. The fourth-order valence-electron chi connectivity index (χ4n) is 1.54. The van der Waals surface area contributed by atoms with Crippen LogP contribution in [0, 0.1) is 0 Å². The normalized spacial score (nSPS) is 12.3. The Morgan fingerprint density at radius 3 is 2.65 bits per heavy atom. The summed E-state index contributed by atoms with van der Waals surface area (Å²) in [5, 5.41) is 13.1. The zero-order chi connectivity index (χ0) is 11.9. The number of hydrogen-bond acceptors (Lipinski definition) is 4. The molecule has 4 nitrogen and oxygen atoms in total. The van der Waals surface area contributed by atoms with E-state index < -0.39 is 6.10 Å². The van der Waals surface area contributed by atoms with Gasteiger partial charge in [0, 0.05) is 43.4 Å². The van der Waals surface area contributed by atoms with Crippen molar-refractivity contribution in [1.29, 1.82) is 0 Å². The molecule has 0 aliphatic rings. The van der Waals surface area contributed by atoms with E-state index in [9.17, 15) is 5.11 Å². The Balaban J connectivity index is 1.79. The highest BCUT2D eigenvalue weighted by Crippen LogP contribution is 2.09. The lowest BCUT2D eigenvalue weighted by Crippen LogP contribution is -2.21. The standard InChI is InChI=1S/C13H15N3O/c17-13(12-2-1-5-15-9-12)10-16-8-11-3-6-14-7-4-11/h1-7,9,13,16-17H,8,10H2. The molecular formula is C13H15N3O. The predicted octanol–water partition coefficient (Wildman–Crippen LogP) is 1.30. The van der Waals surface area contributed by atoms with Crippen molar-refractivity contribution >= 4 is 0 Å². The second kappa shape index (κ2) is 6.08. The summed E-state index contributed by atoms with van der Waals surface area (Å²) in [4.78, 5) is 7.93. The molecule has 0 aliphatic heterocycles. The third kappa shape index (κ3) is 3.62. The van der Waals surface area contributed by atoms with E-state index in [0.717, 1.165) is 17.7 Å². The highest BCUT2D eigenvalue weighted by Gasteiger charge is 2.06. The maximum Gasteiger partial charge on any atom is 0.0929 e. The number of nitrogens with zero attached hydrogens (tertiary/aromatic N) is 2. The fourth-order valence-corrected chi connectivity index (χ4v) is 1.54. The first-order valence-electron chi connectivity index (χ1n) is 5.54. The van der Waals surface area contributed by atoms with Crippen molar-refractivity contribution in [3.05, 3.63) is 60.2 Å². The molecule has 0 spiro atoms. The van der Waals surface area contributed by atoms with Crippen LogP contribution in [0.25, 0.3) is 0 Å². The molecule has 0 radical (unpaired) electrons. The van der Waals surface area contributed by atoms with E-state index in [1.807, 2.05) is 24.3 Å². The van der Waals surface area contributed by atoms with Crippen LogP contribution in [0.15, 0.2) is 49.1 Å².